The van der Waals surface area contributed by atoms with Gasteiger partial charge in [0.2, 0.25) is 0 Å². The Bertz CT molecular complexity index is 337. The van der Waals surface area contributed by atoms with Gasteiger partial charge in [-0.05, 0) is 56.2 Å². The van der Waals surface area contributed by atoms with E-state index in [2.05, 4.69) is 47.1 Å². The lowest BCUT2D eigenvalue weighted by atomic mass is 10.1. The summed E-state index contributed by atoms with van der Waals surface area (Å²) in [5, 5.41) is 0. The number of nitrogens with two attached hydrogens (primary N) is 1. The molecule has 0 radical (unpaired) electrons. The molecule has 96 valence electrons. The smallest absolute Gasteiger partial charge is 0.0328 e. The van der Waals surface area contributed by atoms with Crippen molar-refractivity contribution in [3.8, 4) is 0 Å². The van der Waals surface area contributed by atoms with Crippen molar-refractivity contribution < 1.29 is 0 Å². The van der Waals surface area contributed by atoms with E-state index >= 15 is 0 Å². The fourth-order valence-electron chi connectivity index (χ4n) is 1.72. The second-order valence-corrected chi connectivity index (χ2v) is 6.34. The summed E-state index contributed by atoms with van der Waals surface area (Å²) in [6, 6.07) is 6.71. The van der Waals surface area contributed by atoms with Gasteiger partial charge in [-0.3, -0.25) is 4.90 Å². The van der Waals surface area contributed by atoms with E-state index in [9.17, 15) is 0 Å². The first-order chi connectivity index (χ1) is 8.02. The Balaban J connectivity index is 2.57. The van der Waals surface area contributed by atoms with Crippen molar-refractivity contribution in [1.82, 2.24) is 4.90 Å². The molecule has 0 aliphatic rings. The fourth-order valence-corrected chi connectivity index (χ4v) is 2.85. The summed E-state index contributed by atoms with van der Waals surface area (Å²) in [5.74, 6) is 1.21. The standard InChI is InChI=1S/C13H21BrN2S/c1-10(4-5-17-3)16(2)9-11-6-12(14)8-13(15)7-11/h6-8,10H,4-5,9,15H2,1-3H3. The van der Waals surface area contributed by atoms with Crippen molar-refractivity contribution in [3.05, 3.63) is 28.2 Å². The summed E-state index contributed by atoms with van der Waals surface area (Å²) >= 11 is 5.38. The van der Waals surface area contributed by atoms with Crippen LogP contribution in [0, 0.1) is 0 Å². The highest BCUT2D eigenvalue weighted by atomic mass is 79.9. The van der Waals surface area contributed by atoms with Crippen LogP contribution in [0.4, 0.5) is 5.69 Å². The van der Waals surface area contributed by atoms with Crippen molar-refractivity contribution in [2.45, 2.75) is 25.9 Å². The minimum absolute atomic E-state index is 0.600. The summed E-state index contributed by atoms with van der Waals surface area (Å²) in [4.78, 5) is 2.37. The van der Waals surface area contributed by atoms with E-state index in [0.717, 1.165) is 16.7 Å². The molecule has 1 rings (SSSR count). The van der Waals surface area contributed by atoms with Crippen molar-refractivity contribution in [2.24, 2.45) is 0 Å². The third kappa shape index (κ3) is 5.32. The number of hydrogen-bond acceptors (Lipinski definition) is 3. The fraction of sp³-hybridized carbons (Fsp3) is 0.538. The molecule has 0 aliphatic carbocycles. The van der Waals surface area contributed by atoms with E-state index in [1.54, 1.807) is 0 Å². The van der Waals surface area contributed by atoms with Crippen LogP contribution in [0.25, 0.3) is 0 Å². The molecule has 0 aromatic heterocycles. The number of rotatable bonds is 6. The van der Waals surface area contributed by atoms with Crippen molar-refractivity contribution in [1.29, 1.82) is 0 Å². The highest BCUT2D eigenvalue weighted by Gasteiger charge is 2.09. The second-order valence-electron chi connectivity index (χ2n) is 4.44. The topological polar surface area (TPSA) is 29.3 Å². The Labute approximate surface area is 117 Å². The molecule has 0 fully saturated rings. The molecule has 1 aromatic carbocycles. The zero-order valence-electron chi connectivity index (χ0n) is 10.7. The van der Waals surface area contributed by atoms with Crippen LogP contribution in [0.1, 0.15) is 18.9 Å². The van der Waals surface area contributed by atoms with E-state index in [1.807, 2.05) is 23.9 Å². The molecule has 2 N–H and O–H groups in total. The predicted molar refractivity (Wildman–Crippen MR) is 82.5 cm³/mol. The lowest BCUT2D eigenvalue weighted by molar-refractivity contribution is 0.245. The van der Waals surface area contributed by atoms with E-state index in [-0.39, 0.29) is 0 Å². The van der Waals surface area contributed by atoms with Gasteiger partial charge in [-0.25, -0.2) is 0 Å². The highest BCUT2D eigenvalue weighted by Crippen LogP contribution is 2.19. The third-order valence-electron chi connectivity index (χ3n) is 2.90. The van der Waals surface area contributed by atoms with Gasteiger partial charge in [0.25, 0.3) is 0 Å². The molecule has 0 bridgehead atoms. The first-order valence-electron chi connectivity index (χ1n) is 5.77. The molecule has 17 heavy (non-hydrogen) atoms. The van der Waals surface area contributed by atoms with Crippen LogP contribution in [0.3, 0.4) is 0 Å². The molecule has 1 aromatic rings. The third-order valence-corrected chi connectivity index (χ3v) is 4.01. The van der Waals surface area contributed by atoms with Gasteiger partial charge in [0, 0.05) is 22.7 Å². The Morgan fingerprint density at radius 3 is 2.71 bits per heavy atom. The lowest BCUT2D eigenvalue weighted by Crippen LogP contribution is -2.29. The molecule has 0 saturated heterocycles. The SMILES string of the molecule is CSCCC(C)N(C)Cc1cc(N)cc(Br)c1. The molecule has 0 aliphatic heterocycles. The normalized spacial score (nSPS) is 13.0. The summed E-state index contributed by atoms with van der Waals surface area (Å²) in [5.41, 5.74) is 7.92. The van der Waals surface area contributed by atoms with Crippen LogP contribution in [0.2, 0.25) is 0 Å². The van der Waals surface area contributed by atoms with Crippen LogP contribution in [-0.2, 0) is 6.54 Å². The molecule has 4 heteroatoms. The molecule has 0 heterocycles. The second kappa shape index (κ2) is 7.29. The zero-order chi connectivity index (χ0) is 12.8. The number of nitrogens with zero attached hydrogens (tertiary/aromatic N) is 1. The number of nitrogen functional groups attached to an aromatic ring is 1. The van der Waals surface area contributed by atoms with Gasteiger partial charge in [-0.15, -0.1) is 0 Å². The van der Waals surface area contributed by atoms with Gasteiger partial charge in [-0.2, -0.15) is 11.8 Å². The Kier molecular flexibility index (Phi) is 6.38. The molecule has 2 nitrogen and oxygen atoms in total. The first kappa shape index (κ1) is 14.9. The molecule has 1 unspecified atom stereocenters. The zero-order valence-corrected chi connectivity index (χ0v) is 13.1. The minimum atomic E-state index is 0.600. The molecular weight excluding hydrogens is 296 g/mol. The first-order valence-corrected chi connectivity index (χ1v) is 7.95. The van der Waals surface area contributed by atoms with Crippen LogP contribution >= 0.6 is 27.7 Å². The molecule has 0 saturated carbocycles. The van der Waals surface area contributed by atoms with Crippen molar-refractivity contribution in [2.75, 3.05) is 24.8 Å². The highest BCUT2D eigenvalue weighted by molar-refractivity contribution is 9.10. The monoisotopic (exact) mass is 316 g/mol. The maximum atomic E-state index is 5.84. The van der Waals surface area contributed by atoms with Crippen molar-refractivity contribution in [3.63, 3.8) is 0 Å². The summed E-state index contributed by atoms with van der Waals surface area (Å²) in [7, 11) is 2.17. The number of benzene rings is 1. The van der Waals surface area contributed by atoms with E-state index in [1.165, 1.54) is 17.7 Å². The number of halogens is 1. The van der Waals surface area contributed by atoms with Crippen molar-refractivity contribution >= 4 is 33.4 Å². The van der Waals surface area contributed by atoms with Gasteiger partial charge < -0.3 is 5.73 Å². The maximum absolute atomic E-state index is 5.84. The van der Waals surface area contributed by atoms with Crippen LogP contribution in [0.5, 0.6) is 0 Å². The lowest BCUT2D eigenvalue weighted by Gasteiger charge is -2.24. The van der Waals surface area contributed by atoms with Gasteiger partial charge in [0.05, 0.1) is 0 Å². The predicted octanol–water partition coefficient (Wildman–Crippen LogP) is 3.60. The van der Waals surface area contributed by atoms with Crippen LogP contribution in [-0.4, -0.2) is 30.0 Å². The summed E-state index contributed by atoms with van der Waals surface area (Å²) in [6.07, 6.45) is 3.38. The average Bonchev–Trinajstić information content (AvgIpc) is 2.24. The summed E-state index contributed by atoms with van der Waals surface area (Å²) in [6.45, 7) is 3.22. The van der Waals surface area contributed by atoms with Crippen LogP contribution in [0.15, 0.2) is 22.7 Å². The van der Waals surface area contributed by atoms with Gasteiger partial charge in [0.15, 0.2) is 0 Å². The molecule has 0 spiro atoms. The molecule has 0 amide bonds. The van der Waals surface area contributed by atoms with E-state index < -0.39 is 0 Å². The minimum Gasteiger partial charge on any atom is -0.399 e. The van der Waals surface area contributed by atoms with E-state index in [0.29, 0.717) is 6.04 Å². The molecule has 1 atom stereocenters. The van der Waals surface area contributed by atoms with Crippen LogP contribution < -0.4 is 5.73 Å². The van der Waals surface area contributed by atoms with E-state index in [4.69, 9.17) is 5.73 Å². The average molecular weight is 317 g/mol. The number of thioether (sulfide) groups is 1. The Hall–Kier alpha value is -0.190. The van der Waals surface area contributed by atoms with Gasteiger partial charge in [0.1, 0.15) is 0 Å². The Morgan fingerprint density at radius 2 is 2.12 bits per heavy atom. The summed E-state index contributed by atoms with van der Waals surface area (Å²) < 4.78 is 1.05. The molecular formula is C13H21BrN2S. The van der Waals surface area contributed by atoms with Gasteiger partial charge in [-0.1, -0.05) is 15.9 Å². The van der Waals surface area contributed by atoms with Gasteiger partial charge >= 0.3 is 0 Å². The quantitative estimate of drug-likeness (QED) is 0.813. The largest absolute Gasteiger partial charge is 0.399 e. The number of hydrogen-bond donors (Lipinski definition) is 1. The maximum Gasteiger partial charge on any atom is 0.0328 e. The Morgan fingerprint density at radius 1 is 1.41 bits per heavy atom. The number of anilines is 1.